The van der Waals surface area contributed by atoms with Crippen molar-refractivity contribution < 1.29 is 13.9 Å². The van der Waals surface area contributed by atoms with Crippen LogP contribution in [0.15, 0.2) is 76.5 Å². The van der Waals surface area contributed by atoms with Crippen LogP contribution in [0.25, 0.3) is 5.69 Å². The van der Waals surface area contributed by atoms with Gasteiger partial charge in [-0.25, -0.2) is 4.98 Å². The molecule has 2 aromatic heterocycles. The lowest BCUT2D eigenvalue weighted by atomic mass is 10.1. The van der Waals surface area contributed by atoms with Crippen molar-refractivity contribution in [1.82, 2.24) is 25.1 Å². The van der Waals surface area contributed by atoms with Gasteiger partial charge in [-0.15, -0.1) is 10.2 Å². The molecule has 2 heterocycles. The van der Waals surface area contributed by atoms with Gasteiger partial charge in [0.1, 0.15) is 12.1 Å². The molecule has 2 aromatic carbocycles. The fraction of sp³-hybridized carbons (Fsp3) is 0.250. The van der Waals surface area contributed by atoms with E-state index in [4.69, 9.17) is 9.15 Å². The summed E-state index contributed by atoms with van der Waals surface area (Å²) in [6.45, 7) is 1.11. The molecule has 1 amide bonds. The van der Waals surface area contributed by atoms with Crippen LogP contribution in [-0.2, 0) is 16.9 Å². The van der Waals surface area contributed by atoms with Crippen LogP contribution >= 0.6 is 11.8 Å². The highest BCUT2D eigenvalue weighted by Gasteiger charge is 2.17. The zero-order valence-corrected chi connectivity index (χ0v) is 19.1. The summed E-state index contributed by atoms with van der Waals surface area (Å²) >= 11 is 1.46. The third-order valence-electron chi connectivity index (χ3n) is 4.84. The zero-order valence-electron chi connectivity index (χ0n) is 18.3. The Morgan fingerprint density at radius 3 is 2.61 bits per heavy atom. The summed E-state index contributed by atoms with van der Waals surface area (Å²) in [4.78, 5) is 16.5. The standard InChI is InChI=1S/C24H25N5O3S/c1-31-14-8-13-25-23(30)20-16-32-22(26-20)17-33-24-28-27-21(15-18-9-4-2-5-10-18)29(24)19-11-6-3-7-12-19/h2-7,9-12,16H,8,13-15,17H2,1H3,(H,25,30). The van der Waals surface area contributed by atoms with Crippen molar-refractivity contribution in [3.05, 3.63) is 89.9 Å². The summed E-state index contributed by atoms with van der Waals surface area (Å²) in [6, 6.07) is 20.2. The van der Waals surface area contributed by atoms with E-state index in [2.05, 4.69) is 32.6 Å². The lowest BCUT2D eigenvalue weighted by Gasteiger charge is -2.10. The topological polar surface area (TPSA) is 95.1 Å². The minimum absolute atomic E-state index is 0.260. The van der Waals surface area contributed by atoms with Gasteiger partial charge >= 0.3 is 0 Å². The molecule has 9 heteroatoms. The number of methoxy groups -OCH3 is 1. The SMILES string of the molecule is COCCCNC(=O)c1coc(CSc2nnc(Cc3ccccc3)n2-c2ccccc2)n1. The fourth-order valence-corrected chi connectivity index (χ4v) is 4.06. The quantitative estimate of drug-likeness (QED) is 0.266. The molecular weight excluding hydrogens is 438 g/mol. The Balaban J connectivity index is 1.46. The predicted molar refractivity (Wildman–Crippen MR) is 125 cm³/mol. The van der Waals surface area contributed by atoms with Crippen molar-refractivity contribution in [1.29, 1.82) is 0 Å². The maximum absolute atomic E-state index is 12.2. The third kappa shape index (κ3) is 6.09. The number of thioether (sulfide) groups is 1. The Bertz CT molecular complexity index is 1160. The van der Waals surface area contributed by atoms with Crippen LogP contribution in [0.3, 0.4) is 0 Å². The summed E-state index contributed by atoms with van der Waals surface area (Å²) in [5, 5.41) is 12.4. The number of nitrogens with one attached hydrogen (secondary N) is 1. The number of nitrogens with zero attached hydrogens (tertiary/aromatic N) is 4. The van der Waals surface area contributed by atoms with Gasteiger partial charge in [0.25, 0.3) is 5.91 Å². The van der Waals surface area contributed by atoms with Gasteiger partial charge in [0.2, 0.25) is 5.89 Å². The van der Waals surface area contributed by atoms with E-state index in [9.17, 15) is 4.79 Å². The van der Waals surface area contributed by atoms with E-state index < -0.39 is 0 Å². The van der Waals surface area contributed by atoms with Gasteiger partial charge in [-0.3, -0.25) is 9.36 Å². The number of amides is 1. The maximum atomic E-state index is 12.2. The normalized spacial score (nSPS) is 10.9. The molecule has 8 nitrogen and oxygen atoms in total. The summed E-state index contributed by atoms with van der Waals surface area (Å²) in [7, 11) is 1.63. The van der Waals surface area contributed by atoms with Gasteiger partial charge in [0.05, 0.1) is 5.75 Å². The first kappa shape index (κ1) is 22.8. The van der Waals surface area contributed by atoms with E-state index in [1.807, 2.05) is 53.1 Å². The molecule has 0 radical (unpaired) electrons. The van der Waals surface area contributed by atoms with Gasteiger partial charge < -0.3 is 14.5 Å². The first-order chi connectivity index (χ1) is 16.2. The maximum Gasteiger partial charge on any atom is 0.273 e. The second-order valence-corrected chi connectivity index (χ2v) is 8.19. The van der Waals surface area contributed by atoms with Crippen LogP contribution in [0.2, 0.25) is 0 Å². The lowest BCUT2D eigenvalue weighted by Crippen LogP contribution is -2.25. The summed E-state index contributed by atoms with van der Waals surface area (Å²) in [5.74, 6) is 1.46. The Morgan fingerprint density at radius 1 is 1.09 bits per heavy atom. The number of carbonyl (C=O) groups is 1. The van der Waals surface area contributed by atoms with Crippen molar-refractivity contribution in [2.24, 2.45) is 0 Å². The number of ether oxygens (including phenoxy) is 1. The fourth-order valence-electron chi connectivity index (χ4n) is 3.24. The van der Waals surface area contributed by atoms with Gasteiger partial charge in [0, 0.05) is 32.4 Å². The Labute approximate surface area is 196 Å². The molecule has 0 aliphatic rings. The van der Waals surface area contributed by atoms with E-state index in [0.717, 1.165) is 28.7 Å². The van der Waals surface area contributed by atoms with Crippen molar-refractivity contribution in [2.45, 2.75) is 23.8 Å². The molecule has 0 spiro atoms. The van der Waals surface area contributed by atoms with Crippen LogP contribution < -0.4 is 5.32 Å². The van der Waals surface area contributed by atoms with Crippen LogP contribution in [0, 0.1) is 0 Å². The highest BCUT2D eigenvalue weighted by molar-refractivity contribution is 7.98. The molecule has 0 bridgehead atoms. The number of hydrogen-bond donors (Lipinski definition) is 1. The van der Waals surface area contributed by atoms with Gasteiger partial charge in [-0.1, -0.05) is 60.3 Å². The molecule has 170 valence electrons. The van der Waals surface area contributed by atoms with E-state index >= 15 is 0 Å². The van der Waals surface area contributed by atoms with Crippen molar-refractivity contribution in [2.75, 3.05) is 20.3 Å². The van der Waals surface area contributed by atoms with Gasteiger partial charge in [0.15, 0.2) is 10.9 Å². The summed E-state index contributed by atoms with van der Waals surface area (Å²) in [5.41, 5.74) is 2.41. The molecular formula is C24H25N5O3S. The number of benzene rings is 2. The molecule has 0 unspecified atom stereocenters. The molecule has 4 rings (SSSR count). The van der Waals surface area contributed by atoms with Crippen LogP contribution in [-0.4, -0.2) is 45.9 Å². The number of carbonyl (C=O) groups excluding carboxylic acids is 1. The van der Waals surface area contributed by atoms with Crippen molar-refractivity contribution in [3.63, 3.8) is 0 Å². The first-order valence-corrected chi connectivity index (χ1v) is 11.6. The van der Waals surface area contributed by atoms with Gasteiger partial charge in [-0.2, -0.15) is 0 Å². The van der Waals surface area contributed by atoms with E-state index in [0.29, 0.717) is 31.2 Å². The third-order valence-corrected chi connectivity index (χ3v) is 5.75. The number of para-hydroxylation sites is 1. The van der Waals surface area contributed by atoms with Crippen LogP contribution in [0.5, 0.6) is 0 Å². The molecule has 0 aliphatic heterocycles. The highest BCUT2D eigenvalue weighted by atomic mass is 32.2. The van der Waals surface area contributed by atoms with E-state index in [-0.39, 0.29) is 11.6 Å². The molecule has 0 saturated heterocycles. The zero-order chi connectivity index (χ0) is 22.9. The minimum atomic E-state index is -0.260. The Morgan fingerprint density at radius 2 is 1.85 bits per heavy atom. The van der Waals surface area contributed by atoms with Crippen LogP contribution in [0.1, 0.15) is 34.2 Å². The minimum Gasteiger partial charge on any atom is -0.447 e. The number of hydrogen-bond acceptors (Lipinski definition) is 7. The summed E-state index contributed by atoms with van der Waals surface area (Å²) < 4.78 is 12.5. The van der Waals surface area contributed by atoms with Crippen LogP contribution in [0.4, 0.5) is 0 Å². The Kier molecular flexibility index (Phi) is 7.89. The molecule has 0 aliphatic carbocycles. The molecule has 0 saturated carbocycles. The van der Waals surface area contributed by atoms with E-state index in [1.54, 1.807) is 7.11 Å². The lowest BCUT2D eigenvalue weighted by molar-refractivity contribution is 0.0943. The predicted octanol–water partition coefficient (Wildman–Crippen LogP) is 3.90. The average molecular weight is 464 g/mol. The molecule has 0 atom stereocenters. The molecule has 4 aromatic rings. The smallest absolute Gasteiger partial charge is 0.273 e. The van der Waals surface area contributed by atoms with Gasteiger partial charge in [-0.05, 0) is 24.1 Å². The monoisotopic (exact) mass is 463 g/mol. The molecule has 33 heavy (non-hydrogen) atoms. The Hall–Kier alpha value is -3.43. The van der Waals surface area contributed by atoms with Crippen molar-refractivity contribution >= 4 is 17.7 Å². The number of rotatable bonds is 11. The van der Waals surface area contributed by atoms with E-state index in [1.165, 1.54) is 18.0 Å². The molecule has 0 fully saturated rings. The average Bonchev–Trinajstić information content (AvgIpc) is 3.49. The summed E-state index contributed by atoms with van der Waals surface area (Å²) in [6.07, 6.45) is 2.78. The second-order valence-electron chi connectivity index (χ2n) is 7.25. The molecule has 1 N–H and O–H groups in total. The first-order valence-electron chi connectivity index (χ1n) is 10.6. The highest BCUT2D eigenvalue weighted by Crippen LogP contribution is 2.26. The number of oxazole rings is 1. The second kappa shape index (κ2) is 11.4. The number of aromatic nitrogens is 4. The largest absolute Gasteiger partial charge is 0.447 e. The van der Waals surface area contributed by atoms with Crippen molar-refractivity contribution in [3.8, 4) is 5.69 Å².